The van der Waals surface area contributed by atoms with E-state index in [0.29, 0.717) is 36.6 Å². The molecule has 0 aliphatic heterocycles. The van der Waals surface area contributed by atoms with Crippen LogP contribution >= 0.6 is 0 Å². The van der Waals surface area contributed by atoms with Crippen LogP contribution in [-0.4, -0.2) is 59.3 Å². The van der Waals surface area contributed by atoms with Gasteiger partial charge in [-0.25, -0.2) is 0 Å². The molecule has 0 aliphatic carbocycles. The first-order valence-corrected chi connectivity index (χ1v) is 14.6. The molecule has 236 valence electrons. The average molecular weight is 577 g/mol. The van der Waals surface area contributed by atoms with E-state index < -0.39 is 0 Å². The molecule has 8 nitrogen and oxygen atoms in total. The van der Waals surface area contributed by atoms with Gasteiger partial charge in [-0.05, 0) is 58.1 Å². The number of amides is 1. The Kier molecular flexibility index (Phi) is 26.7. The first-order chi connectivity index (χ1) is 19.3. The first kappa shape index (κ1) is 42.3. The number of carbonyl (C=O) groups excluding carboxylic acids is 2. The zero-order valence-electron chi connectivity index (χ0n) is 28.2. The Bertz CT molecular complexity index is 1020. The number of likely N-dealkylation sites (N-methyl/N-ethyl adjacent to an activating group) is 1. The highest BCUT2D eigenvalue weighted by atomic mass is 16.5. The number of benzene rings is 1. The normalized spacial score (nSPS) is 10.1. The number of hydrogen-bond acceptors (Lipinski definition) is 6. The van der Waals surface area contributed by atoms with E-state index in [-0.39, 0.29) is 19.1 Å². The number of fused-ring (bicyclic) bond motifs is 1. The zero-order valence-corrected chi connectivity index (χ0v) is 28.2. The number of hydrogen-bond donors (Lipinski definition) is 2. The van der Waals surface area contributed by atoms with Crippen LogP contribution in [0.5, 0.6) is 5.75 Å². The van der Waals surface area contributed by atoms with Crippen LogP contribution in [0.3, 0.4) is 0 Å². The van der Waals surface area contributed by atoms with Crippen molar-refractivity contribution in [1.29, 1.82) is 0 Å². The van der Waals surface area contributed by atoms with E-state index in [9.17, 15) is 9.59 Å². The molecule has 0 atom stereocenters. The third-order valence-corrected chi connectivity index (χ3v) is 5.20. The second-order valence-electron chi connectivity index (χ2n) is 10.5. The fourth-order valence-corrected chi connectivity index (χ4v) is 2.61. The van der Waals surface area contributed by atoms with E-state index in [1.807, 2.05) is 27.7 Å². The molecule has 1 amide bonds. The standard InChI is InChI=1S/C17H23N3O3.C5H11NO.C5H10.C4H10.C2H6/c1-12(2)7-8-19(3)17(22)10-20-16-9-13(23-4)5-6-14(16)15(11-21)18-20;1-2-5(6)3-4-7;1-4-5(2)3;1-4(2)3;1-2/h5-6,9,11-12H,7-8,10H2,1-4H3;2,7H,3-4,6H2,1H3;4H,1-3H3;4H,1-3H3;1-2H3/b;5-2-;;;. The molecule has 0 aliphatic rings. The Morgan fingerprint density at radius 1 is 1.12 bits per heavy atom. The maximum absolute atomic E-state index is 12.4. The predicted molar refractivity (Wildman–Crippen MR) is 175 cm³/mol. The number of carbonyl (C=O) groups is 2. The summed E-state index contributed by atoms with van der Waals surface area (Å²) < 4.78 is 6.78. The van der Waals surface area contributed by atoms with Gasteiger partial charge in [-0.1, -0.05) is 66.2 Å². The van der Waals surface area contributed by atoms with Crippen LogP contribution < -0.4 is 10.5 Å². The molecule has 0 saturated carbocycles. The zero-order chi connectivity index (χ0) is 32.5. The van der Waals surface area contributed by atoms with Crippen molar-refractivity contribution >= 4 is 23.1 Å². The summed E-state index contributed by atoms with van der Waals surface area (Å²) in [6.07, 6.45) is 6.13. The van der Waals surface area contributed by atoms with Gasteiger partial charge in [0.2, 0.25) is 5.91 Å². The molecule has 1 aromatic carbocycles. The lowest BCUT2D eigenvalue weighted by Gasteiger charge is -2.18. The van der Waals surface area contributed by atoms with Gasteiger partial charge >= 0.3 is 0 Å². The number of aliphatic hydroxyl groups is 1. The summed E-state index contributed by atoms with van der Waals surface area (Å²) in [4.78, 5) is 25.3. The quantitative estimate of drug-likeness (QED) is 0.240. The minimum atomic E-state index is -0.0321. The van der Waals surface area contributed by atoms with Crippen molar-refractivity contribution in [3.05, 3.63) is 47.3 Å². The van der Waals surface area contributed by atoms with E-state index in [2.05, 4.69) is 59.6 Å². The molecule has 0 bridgehead atoms. The number of aliphatic hydroxyl groups excluding tert-OH is 1. The van der Waals surface area contributed by atoms with Gasteiger partial charge in [0.05, 0.1) is 12.6 Å². The van der Waals surface area contributed by atoms with Gasteiger partial charge in [0.1, 0.15) is 18.0 Å². The highest BCUT2D eigenvalue weighted by Crippen LogP contribution is 2.23. The van der Waals surface area contributed by atoms with Gasteiger partial charge in [0, 0.05) is 43.8 Å². The Labute approximate surface area is 250 Å². The Hall–Kier alpha value is -3.13. The van der Waals surface area contributed by atoms with Crippen LogP contribution in [0.1, 0.15) is 99.5 Å². The Morgan fingerprint density at radius 3 is 2.02 bits per heavy atom. The van der Waals surface area contributed by atoms with E-state index in [1.54, 1.807) is 48.0 Å². The number of nitrogens with two attached hydrogens (primary N) is 1. The van der Waals surface area contributed by atoms with Gasteiger partial charge in [-0.15, -0.1) is 0 Å². The fourth-order valence-electron chi connectivity index (χ4n) is 2.61. The minimum Gasteiger partial charge on any atom is -0.497 e. The van der Waals surface area contributed by atoms with E-state index in [4.69, 9.17) is 15.6 Å². The van der Waals surface area contributed by atoms with Crippen LogP contribution in [0, 0.1) is 11.8 Å². The second-order valence-corrected chi connectivity index (χ2v) is 10.5. The van der Waals surface area contributed by atoms with Gasteiger partial charge < -0.3 is 20.5 Å². The smallest absolute Gasteiger partial charge is 0.244 e. The minimum absolute atomic E-state index is 0.0321. The number of aldehydes is 1. The number of ether oxygens (including phenoxy) is 1. The van der Waals surface area contributed by atoms with Crippen LogP contribution in [0.25, 0.3) is 10.9 Å². The third kappa shape index (κ3) is 21.3. The summed E-state index contributed by atoms with van der Waals surface area (Å²) in [5.41, 5.74) is 8.47. The lowest BCUT2D eigenvalue weighted by Crippen LogP contribution is -2.32. The molecular weight excluding hydrogens is 516 g/mol. The molecule has 1 aromatic heterocycles. The van der Waals surface area contributed by atoms with Crippen molar-refractivity contribution < 1.29 is 19.4 Å². The summed E-state index contributed by atoms with van der Waals surface area (Å²) in [5, 5.41) is 13.2. The summed E-state index contributed by atoms with van der Waals surface area (Å²) >= 11 is 0. The highest BCUT2D eigenvalue weighted by Gasteiger charge is 2.16. The van der Waals surface area contributed by atoms with Gasteiger partial charge in [0.15, 0.2) is 6.29 Å². The molecular formula is C33H60N4O4. The maximum Gasteiger partial charge on any atom is 0.244 e. The van der Waals surface area contributed by atoms with Crippen molar-refractivity contribution in [3.8, 4) is 5.75 Å². The van der Waals surface area contributed by atoms with Crippen LogP contribution in [-0.2, 0) is 11.3 Å². The number of aromatic nitrogens is 2. The summed E-state index contributed by atoms with van der Waals surface area (Å²) in [5.74, 6) is 2.01. The molecule has 1 heterocycles. The Morgan fingerprint density at radius 2 is 1.66 bits per heavy atom. The topological polar surface area (TPSA) is 111 Å². The third-order valence-electron chi connectivity index (χ3n) is 5.20. The van der Waals surface area contributed by atoms with Crippen molar-refractivity contribution in [2.45, 2.75) is 95.5 Å². The summed E-state index contributed by atoms with van der Waals surface area (Å²) in [6.45, 7) is 23.8. The molecule has 2 rings (SSSR count). The maximum atomic E-state index is 12.4. The summed E-state index contributed by atoms with van der Waals surface area (Å²) in [7, 11) is 3.37. The summed E-state index contributed by atoms with van der Waals surface area (Å²) in [6, 6.07) is 5.35. The number of allylic oxidation sites excluding steroid dienone is 3. The molecule has 0 unspecified atom stereocenters. The van der Waals surface area contributed by atoms with Crippen LogP contribution in [0.15, 0.2) is 41.6 Å². The monoisotopic (exact) mass is 576 g/mol. The molecule has 0 saturated heterocycles. The van der Waals surface area contributed by atoms with Crippen LogP contribution in [0.2, 0.25) is 0 Å². The molecule has 0 spiro atoms. The van der Waals surface area contributed by atoms with Crippen molar-refractivity contribution in [2.75, 3.05) is 27.3 Å². The second kappa shape index (κ2) is 25.8. The van der Waals surface area contributed by atoms with Crippen molar-refractivity contribution in [3.63, 3.8) is 0 Å². The average Bonchev–Trinajstić information content (AvgIpc) is 3.29. The largest absolute Gasteiger partial charge is 0.497 e. The fraction of sp³-hybridized carbons (Fsp3) is 0.606. The van der Waals surface area contributed by atoms with Gasteiger partial charge in [-0.2, -0.15) is 5.10 Å². The van der Waals surface area contributed by atoms with Crippen molar-refractivity contribution in [2.24, 2.45) is 17.6 Å². The number of methoxy groups -OCH3 is 1. The lowest BCUT2D eigenvalue weighted by molar-refractivity contribution is -0.130. The molecule has 2 aromatic rings. The Balaban J connectivity index is -0.000000657. The molecule has 8 heteroatoms. The van der Waals surface area contributed by atoms with Crippen LogP contribution in [0.4, 0.5) is 0 Å². The SMILES string of the molecule is C/C=C(\N)CCO.CC.CC(C)C.CC=C(C)C.COc1ccc2c(C=O)nn(CC(=O)N(C)CCC(C)C)c2c1. The molecule has 41 heavy (non-hydrogen) atoms. The van der Waals surface area contributed by atoms with E-state index in [0.717, 1.165) is 28.9 Å². The molecule has 0 radical (unpaired) electrons. The van der Waals surface area contributed by atoms with Gasteiger partial charge in [0.25, 0.3) is 0 Å². The van der Waals surface area contributed by atoms with E-state index in [1.165, 1.54) is 5.57 Å². The lowest BCUT2D eigenvalue weighted by atomic mass is 10.1. The molecule has 3 N–H and O–H groups in total. The number of nitrogens with zero attached hydrogens (tertiary/aromatic N) is 3. The predicted octanol–water partition coefficient (Wildman–Crippen LogP) is 7.25. The first-order valence-electron chi connectivity index (χ1n) is 14.6. The van der Waals surface area contributed by atoms with Crippen molar-refractivity contribution in [1.82, 2.24) is 14.7 Å². The van der Waals surface area contributed by atoms with E-state index >= 15 is 0 Å². The van der Waals surface area contributed by atoms with Gasteiger partial charge in [-0.3, -0.25) is 14.3 Å². The molecule has 0 fully saturated rings. The highest BCUT2D eigenvalue weighted by molar-refractivity contribution is 5.96. The number of rotatable bonds is 9.